The van der Waals surface area contributed by atoms with Gasteiger partial charge in [-0.1, -0.05) is 6.07 Å². The van der Waals surface area contributed by atoms with Crippen LogP contribution in [0.5, 0.6) is 0 Å². The SMILES string of the molecule is CCNc1ccncc1C(=O)Nc1cccc(C#N)c1. The van der Waals surface area contributed by atoms with E-state index in [9.17, 15) is 4.79 Å². The van der Waals surface area contributed by atoms with Gasteiger partial charge < -0.3 is 10.6 Å². The van der Waals surface area contributed by atoms with Crippen molar-refractivity contribution in [2.24, 2.45) is 0 Å². The molecule has 0 saturated carbocycles. The van der Waals surface area contributed by atoms with E-state index in [1.165, 1.54) is 6.20 Å². The zero-order valence-corrected chi connectivity index (χ0v) is 11.1. The molecule has 1 aromatic carbocycles. The summed E-state index contributed by atoms with van der Waals surface area (Å²) >= 11 is 0. The van der Waals surface area contributed by atoms with Gasteiger partial charge >= 0.3 is 0 Å². The minimum atomic E-state index is -0.260. The molecule has 20 heavy (non-hydrogen) atoms. The van der Waals surface area contributed by atoms with Crippen molar-refractivity contribution < 1.29 is 4.79 Å². The average molecular weight is 266 g/mol. The van der Waals surface area contributed by atoms with Gasteiger partial charge in [0.15, 0.2) is 0 Å². The molecular weight excluding hydrogens is 252 g/mol. The number of amides is 1. The first-order valence-corrected chi connectivity index (χ1v) is 6.24. The molecule has 2 rings (SSSR count). The number of benzene rings is 1. The van der Waals surface area contributed by atoms with E-state index < -0.39 is 0 Å². The van der Waals surface area contributed by atoms with Crippen LogP contribution in [0.4, 0.5) is 11.4 Å². The molecule has 0 radical (unpaired) electrons. The molecule has 1 amide bonds. The van der Waals surface area contributed by atoms with Crippen molar-refractivity contribution in [1.29, 1.82) is 5.26 Å². The summed E-state index contributed by atoms with van der Waals surface area (Å²) in [6.07, 6.45) is 3.15. The van der Waals surface area contributed by atoms with Gasteiger partial charge in [-0.2, -0.15) is 5.26 Å². The summed E-state index contributed by atoms with van der Waals surface area (Å²) in [5.41, 5.74) is 2.29. The smallest absolute Gasteiger partial charge is 0.259 e. The van der Waals surface area contributed by atoms with Gasteiger partial charge in [-0.25, -0.2) is 0 Å². The Hall–Kier alpha value is -2.87. The van der Waals surface area contributed by atoms with Crippen LogP contribution >= 0.6 is 0 Å². The Morgan fingerprint density at radius 2 is 2.25 bits per heavy atom. The lowest BCUT2D eigenvalue weighted by Crippen LogP contribution is -2.15. The zero-order chi connectivity index (χ0) is 14.4. The second kappa shape index (κ2) is 6.34. The predicted molar refractivity (Wildman–Crippen MR) is 77.5 cm³/mol. The van der Waals surface area contributed by atoms with Crippen molar-refractivity contribution in [2.45, 2.75) is 6.92 Å². The molecule has 0 spiro atoms. The molecule has 5 nitrogen and oxygen atoms in total. The topological polar surface area (TPSA) is 77.8 Å². The maximum absolute atomic E-state index is 12.2. The van der Waals surface area contributed by atoms with Crippen molar-refractivity contribution in [3.8, 4) is 6.07 Å². The van der Waals surface area contributed by atoms with Crippen LogP contribution in [-0.4, -0.2) is 17.4 Å². The highest BCUT2D eigenvalue weighted by Crippen LogP contribution is 2.16. The minimum Gasteiger partial charge on any atom is -0.385 e. The molecule has 0 aliphatic heterocycles. The van der Waals surface area contributed by atoms with Gasteiger partial charge in [0, 0.05) is 24.6 Å². The van der Waals surface area contributed by atoms with Crippen LogP contribution in [0.3, 0.4) is 0 Å². The third kappa shape index (κ3) is 3.12. The Bertz CT molecular complexity index is 661. The molecule has 1 aromatic heterocycles. The Balaban J connectivity index is 2.22. The first-order valence-electron chi connectivity index (χ1n) is 6.24. The van der Waals surface area contributed by atoms with Crippen LogP contribution in [0.15, 0.2) is 42.7 Å². The van der Waals surface area contributed by atoms with E-state index >= 15 is 0 Å². The Labute approximate surface area is 117 Å². The molecule has 100 valence electrons. The van der Waals surface area contributed by atoms with Crippen molar-refractivity contribution in [1.82, 2.24) is 4.98 Å². The molecular formula is C15H14N4O. The molecule has 0 atom stereocenters. The standard InChI is InChI=1S/C15H14N4O/c1-2-18-14-6-7-17-10-13(14)15(20)19-12-5-3-4-11(8-12)9-16/h3-8,10H,2H2,1H3,(H,17,18)(H,19,20). The third-order valence-electron chi connectivity index (χ3n) is 2.68. The van der Waals surface area contributed by atoms with Gasteiger partial charge in [0.2, 0.25) is 0 Å². The number of rotatable bonds is 4. The number of nitrogens with zero attached hydrogens (tertiary/aromatic N) is 2. The quantitative estimate of drug-likeness (QED) is 0.891. The number of anilines is 2. The molecule has 2 N–H and O–H groups in total. The first-order chi connectivity index (χ1) is 9.74. The van der Waals surface area contributed by atoms with E-state index in [1.54, 1.807) is 36.5 Å². The maximum atomic E-state index is 12.2. The van der Waals surface area contributed by atoms with Gasteiger partial charge in [-0.3, -0.25) is 9.78 Å². The van der Waals surface area contributed by atoms with Gasteiger partial charge in [0.25, 0.3) is 5.91 Å². The monoisotopic (exact) mass is 266 g/mol. The van der Waals surface area contributed by atoms with E-state index in [0.29, 0.717) is 23.4 Å². The van der Waals surface area contributed by atoms with Gasteiger partial charge in [-0.05, 0) is 31.2 Å². The fraction of sp³-hybridized carbons (Fsp3) is 0.133. The number of carbonyl (C=O) groups excluding carboxylic acids is 1. The summed E-state index contributed by atoms with van der Waals surface area (Å²) in [5, 5.41) is 14.7. The largest absolute Gasteiger partial charge is 0.385 e. The third-order valence-corrected chi connectivity index (χ3v) is 2.68. The lowest BCUT2D eigenvalue weighted by Gasteiger charge is -2.10. The molecule has 0 bridgehead atoms. The lowest BCUT2D eigenvalue weighted by atomic mass is 10.2. The van der Waals surface area contributed by atoms with E-state index in [0.717, 1.165) is 5.69 Å². The number of hydrogen-bond donors (Lipinski definition) is 2. The summed E-state index contributed by atoms with van der Waals surface area (Å²) < 4.78 is 0. The fourth-order valence-corrected chi connectivity index (χ4v) is 1.78. The number of nitriles is 1. The Morgan fingerprint density at radius 3 is 3.00 bits per heavy atom. The molecule has 0 saturated heterocycles. The summed E-state index contributed by atoms with van der Waals surface area (Å²) in [6, 6.07) is 10.6. The van der Waals surface area contributed by atoms with Crippen LogP contribution in [0.2, 0.25) is 0 Å². The van der Waals surface area contributed by atoms with Crippen LogP contribution in [0.25, 0.3) is 0 Å². The number of carbonyl (C=O) groups is 1. The van der Waals surface area contributed by atoms with Crippen molar-refractivity contribution in [2.75, 3.05) is 17.2 Å². The Morgan fingerprint density at radius 1 is 1.40 bits per heavy atom. The number of aromatic nitrogens is 1. The van der Waals surface area contributed by atoms with E-state index in [2.05, 4.69) is 15.6 Å². The molecule has 0 aliphatic rings. The average Bonchev–Trinajstić information content (AvgIpc) is 2.48. The van der Waals surface area contributed by atoms with Crippen LogP contribution in [-0.2, 0) is 0 Å². The molecule has 0 aliphatic carbocycles. The normalized spacial score (nSPS) is 9.60. The van der Waals surface area contributed by atoms with Gasteiger partial charge in [-0.15, -0.1) is 0 Å². The van der Waals surface area contributed by atoms with Crippen LogP contribution < -0.4 is 10.6 Å². The number of nitrogens with one attached hydrogen (secondary N) is 2. The molecule has 2 aromatic rings. The number of pyridine rings is 1. The molecule has 0 unspecified atom stereocenters. The van der Waals surface area contributed by atoms with Crippen LogP contribution in [0.1, 0.15) is 22.8 Å². The van der Waals surface area contributed by atoms with E-state index in [4.69, 9.17) is 5.26 Å². The zero-order valence-electron chi connectivity index (χ0n) is 11.1. The fourth-order valence-electron chi connectivity index (χ4n) is 1.78. The Kier molecular flexibility index (Phi) is 4.30. The highest BCUT2D eigenvalue weighted by molar-refractivity contribution is 6.07. The predicted octanol–water partition coefficient (Wildman–Crippen LogP) is 2.64. The summed E-state index contributed by atoms with van der Waals surface area (Å²) in [4.78, 5) is 16.2. The second-order valence-electron chi connectivity index (χ2n) is 4.10. The summed E-state index contributed by atoms with van der Waals surface area (Å²) in [7, 11) is 0. The molecule has 5 heteroatoms. The second-order valence-corrected chi connectivity index (χ2v) is 4.10. The van der Waals surface area contributed by atoms with Crippen molar-refractivity contribution >= 4 is 17.3 Å². The highest BCUT2D eigenvalue weighted by Gasteiger charge is 2.11. The summed E-state index contributed by atoms with van der Waals surface area (Å²) in [5.74, 6) is -0.260. The first kappa shape index (κ1) is 13.6. The molecule has 1 heterocycles. The van der Waals surface area contributed by atoms with Crippen LogP contribution in [0, 0.1) is 11.3 Å². The summed E-state index contributed by atoms with van der Waals surface area (Å²) in [6.45, 7) is 2.67. The van der Waals surface area contributed by atoms with E-state index in [1.807, 2.05) is 13.0 Å². The number of hydrogen-bond acceptors (Lipinski definition) is 4. The van der Waals surface area contributed by atoms with E-state index in [-0.39, 0.29) is 5.91 Å². The molecule has 0 fully saturated rings. The lowest BCUT2D eigenvalue weighted by molar-refractivity contribution is 0.102. The highest BCUT2D eigenvalue weighted by atomic mass is 16.1. The van der Waals surface area contributed by atoms with Gasteiger partial charge in [0.05, 0.1) is 22.9 Å². The van der Waals surface area contributed by atoms with Crippen molar-refractivity contribution in [3.63, 3.8) is 0 Å². The van der Waals surface area contributed by atoms with Gasteiger partial charge in [0.1, 0.15) is 0 Å². The van der Waals surface area contributed by atoms with Crippen molar-refractivity contribution in [3.05, 3.63) is 53.9 Å². The minimum absolute atomic E-state index is 0.260. The maximum Gasteiger partial charge on any atom is 0.259 e.